The van der Waals surface area contributed by atoms with Crippen LogP contribution < -0.4 is 5.32 Å². The summed E-state index contributed by atoms with van der Waals surface area (Å²) in [5.41, 5.74) is 0.661. The van der Waals surface area contributed by atoms with E-state index in [9.17, 15) is 4.79 Å². The number of aromatic nitrogens is 1. The van der Waals surface area contributed by atoms with Crippen LogP contribution in [0.25, 0.3) is 0 Å². The summed E-state index contributed by atoms with van der Waals surface area (Å²) in [5.74, 6) is 1.52. The molecule has 2 aromatic heterocycles. The molecule has 0 radical (unpaired) electrons. The van der Waals surface area contributed by atoms with Gasteiger partial charge in [-0.15, -0.1) is 0 Å². The van der Waals surface area contributed by atoms with E-state index in [2.05, 4.69) is 28.2 Å². The van der Waals surface area contributed by atoms with Gasteiger partial charge in [0, 0.05) is 17.2 Å². The summed E-state index contributed by atoms with van der Waals surface area (Å²) in [6, 6.07) is 5.47. The van der Waals surface area contributed by atoms with E-state index in [1.807, 2.05) is 42.8 Å². The van der Waals surface area contributed by atoms with Gasteiger partial charge in [0.2, 0.25) is 0 Å². The number of halogens is 1. The van der Waals surface area contributed by atoms with Crippen molar-refractivity contribution in [2.24, 2.45) is 0 Å². The van der Waals surface area contributed by atoms with Crippen molar-refractivity contribution in [1.82, 2.24) is 9.88 Å². The Kier molecular flexibility index (Phi) is 4.70. The predicted molar refractivity (Wildman–Crippen MR) is 81.7 cm³/mol. The third-order valence-electron chi connectivity index (χ3n) is 3.10. The van der Waals surface area contributed by atoms with Gasteiger partial charge in [0.1, 0.15) is 17.2 Å². The zero-order valence-electron chi connectivity index (χ0n) is 11.9. The number of hydrogen-bond acceptors (Lipinski definition) is 2. The SMILES string of the molecule is CCCn1cc(Br)cc1C(=O)NC(C)c1ccc(C)o1. The lowest BCUT2D eigenvalue weighted by Crippen LogP contribution is -2.28. The summed E-state index contributed by atoms with van der Waals surface area (Å²) >= 11 is 3.42. The van der Waals surface area contributed by atoms with E-state index in [1.54, 1.807) is 0 Å². The van der Waals surface area contributed by atoms with Crippen molar-refractivity contribution in [3.8, 4) is 0 Å². The average molecular weight is 339 g/mol. The first kappa shape index (κ1) is 14.9. The van der Waals surface area contributed by atoms with E-state index in [4.69, 9.17) is 4.42 Å². The molecule has 0 spiro atoms. The first-order valence-electron chi connectivity index (χ1n) is 6.74. The summed E-state index contributed by atoms with van der Waals surface area (Å²) in [7, 11) is 0. The molecule has 108 valence electrons. The fourth-order valence-corrected chi connectivity index (χ4v) is 2.58. The third kappa shape index (κ3) is 3.33. The summed E-state index contributed by atoms with van der Waals surface area (Å²) in [6.07, 6.45) is 2.91. The molecular formula is C15H19BrN2O2. The van der Waals surface area contributed by atoms with Crippen LogP contribution >= 0.6 is 15.9 Å². The Bertz CT molecular complexity index is 601. The fourth-order valence-electron chi connectivity index (χ4n) is 2.12. The largest absolute Gasteiger partial charge is 0.464 e. The molecule has 20 heavy (non-hydrogen) atoms. The number of carbonyl (C=O) groups is 1. The number of hydrogen-bond donors (Lipinski definition) is 1. The minimum atomic E-state index is -0.153. The van der Waals surface area contributed by atoms with Gasteiger partial charge in [-0.2, -0.15) is 0 Å². The number of nitrogens with one attached hydrogen (secondary N) is 1. The first-order chi connectivity index (χ1) is 9.51. The summed E-state index contributed by atoms with van der Waals surface area (Å²) < 4.78 is 8.41. The molecule has 0 aliphatic rings. The van der Waals surface area contributed by atoms with Crippen LogP contribution in [-0.2, 0) is 6.54 Å². The van der Waals surface area contributed by atoms with E-state index in [-0.39, 0.29) is 11.9 Å². The van der Waals surface area contributed by atoms with Gasteiger partial charge in [0.05, 0.1) is 6.04 Å². The highest BCUT2D eigenvalue weighted by molar-refractivity contribution is 9.10. The van der Waals surface area contributed by atoms with Crippen molar-refractivity contribution in [1.29, 1.82) is 0 Å². The smallest absolute Gasteiger partial charge is 0.268 e. The molecule has 2 heterocycles. The van der Waals surface area contributed by atoms with Crippen LogP contribution in [0.4, 0.5) is 0 Å². The maximum Gasteiger partial charge on any atom is 0.268 e. The van der Waals surface area contributed by atoms with E-state index in [0.29, 0.717) is 5.69 Å². The van der Waals surface area contributed by atoms with Crippen LogP contribution in [-0.4, -0.2) is 10.5 Å². The zero-order chi connectivity index (χ0) is 14.7. The van der Waals surface area contributed by atoms with Gasteiger partial charge in [0.15, 0.2) is 0 Å². The van der Waals surface area contributed by atoms with Gasteiger partial charge in [-0.3, -0.25) is 4.79 Å². The van der Waals surface area contributed by atoms with E-state index < -0.39 is 0 Å². The molecule has 1 N–H and O–H groups in total. The Balaban J connectivity index is 2.11. The highest BCUT2D eigenvalue weighted by Gasteiger charge is 2.17. The Labute approximate surface area is 127 Å². The lowest BCUT2D eigenvalue weighted by Gasteiger charge is -2.13. The van der Waals surface area contributed by atoms with Crippen LogP contribution in [0.2, 0.25) is 0 Å². The summed E-state index contributed by atoms with van der Waals surface area (Å²) in [5, 5.41) is 2.96. The summed E-state index contributed by atoms with van der Waals surface area (Å²) in [6.45, 7) is 6.71. The van der Waals surface area contributed by atoms with Crippen molar-refractivity contribution in [3.05, 3.63) is 46.1 Å². The molecule has 5 heteroatoms. The Morgan fingerprint density at radius 1 is 1.50 bits per heavy atom. The third-order valence-corrected chi connectivity index (χ3v) is 3.53. The Hall–Kier alpha value is -1.49. The van der Waals surface area contributed by atoms with Crippen LogP contribution in [0.1, 0.15) is 48.3 Å². The molecule has 1 unspecified atom stereocenters. The van der Waals surface area contributed by atoms with Crippen LogP contribution in [0.15, 0.2) is 33.3 Å². The Morgan fingerprint density at radius 3 is 2.85 bits per heavy atom. The minimum Gasteiger partial charge on any atom is -0.464 e. The average Bonchev–Trinajstić information content (AvgIpc) is 2.96. The Morgan fingerprint density at radius 2 is 2.25 bits per heavy atom. The maximum absolute atomic E-state index is 12.3. The van der Waals surface area contributed by atoms with Gasteiger partial charge >= 0.3 is 0 Å². The number of nitrogens with zero attached hydrogens (tertiary/aromatic N) is 1. The minimum absolute atomic E-state index is 0.0919. The lowest BCUT2D eigenvalue weighted by atomic mass is 10.2. The summed E-state index contributed by atoms with van der Waals surface area (Å²) in [4.78, 5) is 12.3. The number of aryl methyl sites for hydroxylation is 2. The molecule has 4 nitrogen and oxygen atoms in total. The van der Waals surface area contributed by atoms with Crippen molar-refractivity contribution in [3.63, 3.8) is 0 Å². The zero-order valence-corrected chi connectivity index (χ0v) is 13.5. The second-order valence-corrected chi connectivity index (χ2v) is 5.80. The topological polar surface area (TPSA) is 47.2 Å². The highest BCUT2D eigenvalue weighted by Crippen LogP contribution is 2.19. The maximum atomic E-state index is 12.3. The number of amides is 1. The van der Waals surface area contributed by atoms with Crippen molar-refractivity contribution >= 4 is 21.8 Å². The molecular weight excluding hydrogens is 320 g/mol. The van der Waals surface area contributed by atoms with E-state index in [1.165, 1.54) is 0 Å². The van der Waals surface area contributed by atoms with Crippen LogP contribution in [0.5, 0.6) is 0 Å². The highest BCUT2D eigenvalue weighted by atomic mass is 79.9. The standard InChI is InChI=1S/C15H19BrN2O2/c1-4-7-18-9-12(16)8-13(18)15(19)17-11(3)14-6-5-10(2)20-14/h5-6,8-9,11H,4,7H2,1-3H3,(H,17,19). The van der Waals surface area contributed by atoms with Gasteiger partial charge < -0.3 is 14.3 Å². The van der Waals surface area contributed by atoms with Gasteiger partial charge in [-0.1, -0.05) is 6.92 Å². The normalized spacial score (nSPS) is 12.4. The molecule has 2 aromatic rings. The van der Waals surface area contributed by atoms with Gasteiger partial charge in [-0.05, 0) is 54.4 Å². The van der Waals surface area contributed by atoms with Crippen LogP contribution in [0.3, 0.4) is 0 Å². The molecule has 1 amide bonds. The van der Waals surface area contributed by atoms with Gasteiger partial charge in [-0.25, -0.2) is 0 Å². The lowest BCUT2D eigenvalue weighted by molar-refractivity contribution is 0.0925. The second kappa shape index (κ2) is 6.31. The van der Waals surface area contributed by atoms with Crippen molar-refractivity contribution in [2.45, 2.75) is 39.8 Å². The van der Waals surface area contributed by atoms with E-state index >= 15 is 0 Å². The monoisotopic (exact) mass is 338 g/mol. The quantitative estimate of drug-likeness (QED) is 0.893. The predicted octanol–water partition coefficient (Wildman–Crippen LogP) is 4.05. The van der Waals surface area contributed by atoms with Crippen molar-refractivity contribution < 1.29 is 9.21 Å². The molecule has 0 aliphatic carbocycles. The van der Waals surface area contributed by atoms with Crippen molar-refractivity contribution in [2.75, 3.05) is 0 Å². The number of rotatable bonds is 5. The van der Waals surface area contributed by atoms with E-state index in [0.717, 1.165) is 29.0 Å². The first-order valence-corrected chi connectivity index (χ1v) is 7.53. The molecule has 0 aliphatic heterocycles. The molecule has 0 fully saturated rings. The fraction of sp³-hybridized carbons (Fsp3) is 0.400. The molecule has 0 saturated carbocycles. The molecule has 1 atom stereocenters. The molecule has 0 saturated heterocycles. The molecule has 0 aromatic carbocycles. The number of furan rings is 1. The molecule has 0 bridgehead atoms. The second-order valence-electron chi connectivity index (χ2n) is 4.88. The van der Waals surface area contributed by atoms with Gasteiger partial charge in [0.25, 0.3) is 5.91 Å². The molecule has 2 rings (SSSR count). The van der Waals surface area contributed by atoms with Crippen LogP contribution in [0, 0.1) is 6.92 Å². The number of carbonyl (C=O) groups excluding carboxylic acids is 1.